The Bertz CT molecular complexity index is 1140. The molecule has 1 heterocycles. The van der Waals surface area contributed by atoms with E-state index in [9.17, 15) is 14.4 Å². The van der Waals surface area contributed by atoms with Crippen LogP contribution in [0.15, 0.2) is 64.0 Å². The zero-order valence-corrected chi connectivity index (χ0v) is 21.5. The van der Waals surface area contributed by atoms with Crippen molar-refractivity contribution in [3.05, 3.63) is 69.7 Å². The fourth-order valence-electron chi connectivity index (χ4n) is 4.51. The number of benzene rings is 2. The topological polar surface area (TPSA) is 66.9 Å². The van der Waals surface area contributed by atoms with Crippen LogP contribution in [0.25, 0.3) is 0 Å². The number of carbonyl (C=O) groups excluding carboxylic acids is 3. The van der Waals surface area contributed by atoms with Crippen LogP contribution in [0.1, 0.15) is 55.8 Å². The molecule has 2 amide bonds. The van der Waals surface area contributed by atoms with Crippen molar-refractivity contribution < 1.29 is 19.1 Å². The first-order valence-corrected chi connectivity index (χ1v) is 13.2. The zero-order chi connectivity index (χ0) is 24.9. The van der Waals surface area contributed by atoms with Crippen molar-refractivity contribution in [1.29, 1.82) is 0 Å². The van der Waals surface area contributed by atoms with Gasteiger partial charge in [-0.2, -0.15) is 0 Å². The molecule has 0 bridgehead atoms. The van der Waals surface area contributed by atoms with Crippen LogP contribution in [0.3, 0.4) is 0 Å². The number of thioether (sulfide) groups is 1. The van der Waals surface area contributed by atoms with Gasteiger partial charge < -0.3 is 9.64 Å². The summed E-state index contributed by atoms with van der Waals surface area (Å²) in [5.41, 5.74) is 0.809. The molecule has 1 fully saturated rings. The van der Waals surface area contributed by atoms with Gasteiger partial charge in [-0.3, -0.25) is 9.59 Å². The van der Waals surface area contributed by atoms with E-state index in [0.717, 1.165) is 35.5 Å². The van der Waals surface area contributed by atoms with Crippen LogP contribution >= 0.6 is 23.4 Å². The van der Waals surface area contributed by atoms with Gasteiger partial charge in [0.15, 0.2) is 0 Å². The molecule has 0 radical (unpaired) electrons. The maximum atomic E-state index is 13.9. The first-order valence-electron chi connectivity index (χ1n) is 12.0. The molecule has 0 aromatic heterocycles. The highest BCUT2D eigenvalue weighted by Crippen LogP contribution is 2.41. The number of anilines is 1. The summed E-state index contributed by atoms with van der Waals surface area (Å²) in [6.45, 7) is 2.17. The van der Waals surface area contributed by atoms with Gasteiger partial charge in [0.05, 0.1) is 17.9 Å². The van der Waals surface area contributed by atoms with Crippen LogP contribution in [-0.4, -0.2) is 42.4 Å². The Labute approximate surface area is 215 Å². The molecule has 35 heavy (non-hydrogen) atoms. The monoisotopic (exact) mass is 512 g/mol. The molecule has 184 valence electrons. The normalized spacial score (nSPS) is 16.7. The minimum atomic E-state index is -0.552. The van der Waals surface area contributed by atoms with Crippen LogP contribution in [0.4, 0.5) is 5.69 Å². The van der Waals surface area contributed by atoms with Gasteiger partial charge in [0, 0.05) is 23.0 Å². The lowest BCUT2D eigenvalue weighted by molar-refractivity contribution is -0.121. The Kier molecular flexibility index (Phi) is 8.19. The molecule has 1 aliphatic carbocycles. The van der Waals surface area contributed by atoms with Crippen LogP contribution in [0, 0.1) is 0 Å². The number of para-hydroxylation sites is 1. The maximum absolute atomic E-state index is 13.9. The number of hydrogen-bond acceptors (Lipinski definition) is 6. The SMILES string of the molecule is CCCOC(=O)c1ccccc1N1C(=O)C(Sc2ccc(Cl)cc2)=C(N(C)C2CCCCC2)C1=O. The average molecular weight is 513 g/mol. The number of carbonyl (C=O) groups is 3. The summed E-state index contributed by atoms with van der Waals surface area (Å²) in [4.78, 5) is 44.6. The summed E-state index contributed by atoms with van der Waals surface area (Å²) in [6, 6.07) is 14.0. The van der Waals surface area contributed by atoms with E-state index in [0.29, 0.717) is 22.0 Å². The third-order valence-electron chi connectivity index (χ3n) is 6.33. The van der Waals surface area contributed by atoms with Gasteiger partial charge in [-0.1, -0.05) is 61.7 Å². The van der Waals surface area contributed by atoms with Gasteiger partial charge in [-0.25, -0.2) is 9.69 Å². The highest BCUT2D eigenvalue weighted by molar-refractivity contribution is 8.04. The van der Waals surface area contributed by atoms with Gasteiger partial charge in [-0.15, -0.1) is 0 Å². The van der Waals surface area contributed by atoms with E-state index in [-0.39, 0.29) is 23.9 Å². The Balaban J connectivity index is 1.74. The van der Waals surface area contributed by atoms with E-state index in [4.69, 9.17) is 16.3 Å². The van der Waals surface area contributed by atoms with E-state index in [1.54, 1.807) is 36.4 Å². The quantitative estimate of drug-likeness (QED) is 0.317. The second kappa shape index (κ2) is 11.3. The predicted molar refractivity (Wildman–Crippen MR) is 138 cm³/mol. The number of likely N-dealkylation sites (N-methyl/N-ethyl adjacent to an activating group) is 1. The summed E-state index contributed by atoms with van der Waals surface area (Å²) in [5.74, 6) is -1.41. The molecule has 4 rings (SSSR count). The number of rotatable bonds is 8. The first-order chi connectivity index (χ1) is 16.9. The molecule has 0 saturated heterocycles. The molecule has 1 aliphatic heterocycles. The molecular formula is C27H29ClN2O4S. The van der Waals surface area contributed by atoms with Crippen molar-refractivity contribution in [1.82, 2.24) is 4.90 Å². The molecule has 0 unspecified atom stereocenters. The number of nitrogens with zero attached hydrogens (tertiary/aromatic N) is 2. The van der Waals surface area contributed by atoms with E-state index in [2.05, 4.69) is 0 Å². The number of esters is 1. The molecule has 8 heteroatoms. The van der Waals surface area contributed by atoms with Crippen molar-refractivity contribution in [3.63, 3.8) is 0 Å². The van der Waals surface area contributed by atoms with Gasteiger partial charge in [0.2, 0.25) is 0 Å². The standard InChI is InChI=1S/C27H29ClN2O4S/c1-3-17-34-27(33)21-11-7-8-12-22(21)30-25(31)23(29(2)19-9-5-4-6-10-19)24(26(30)32)35-20-15-13-18(28)14-16-20/h7-8,11-16,19H,3-6,9-10,17H2,1-2H3. The number of imide groups is 1. The van der Waals surface area contributed by atoms with Gasteiger partial charge in [0.1, 0.15) is 10.6 Å². The van der Waals surface area contributed by atoms with Crippen molar-refractivity contribution in [3.8, 4) is 0 Å². The van der Waals surface area contributed by atoms with E-state index in [1.165, 1.54) is 18.2 Å². The van der Waals surface area contributed by atoms with Crippen LogP contribution in [0.2, 0.25) is 5.02 Å². The molecule has 2 aromatic rings. The lowest BCUT2D eigenvalue weighted by Gasteiger charge is -2.33. The zero-order valence-electron chi connectivity index (χ0n) is 20.0. The molecule has 0 atom stereocenters. The van der Waals surface area contributed by atoms with Crippen molar-refractivity contribution >= 4 is 46.8 Å². The number of hydrogen-bond donors (Lipinski definition) is 0. The molecule has 2 aliphatic rings. The van der Waals surface area contributed by atoms with Gasteiger partial charge in [-0.05, 0) is 55.7 Å². The van der Waals surface area contributed by atoms with E-state index < -0.39 is 17.8 Å². The first kappa shape index (κ1) is 25.3. The minimum absolute atomic E-state index is 0.182. The Morgan fingerprint density at radius 3 is 2.43 bits per heavy atom. The lowest BCUT2D eigenvalue weighted by atomic mass is 9.94. The average Bonchev–Trinajstić information content (AvgIpc) is 3.12. The summed E-state index contributed by atoms with van der Waals surface area (Å²) < 4.78 is 5.32. The highest BCUT2D eigenvalue weighted by atomic mass is 35.5. The smallest absolute Gasteiger partial charge is 0.340 e. The fourth-order valence-corrected chi connectivity index (χ4v) is 5.65. The Morgan fingerprint density at radius 1 is 1.06 bits per heavy atom. The third-order valence-corrected chi connectivity index (χ3v) is 7.66. The number of amides is 2. The maximum Gasteiger partial charge on any atom is 0.340 e. The molecular weight excluding hydrogens is 484 g/mol. The lowest BCUT2D eigenvalue weighted by Crippen LogP contribution is -2.39. The largest absolute Gasteiger partial charge is 0.462 e. The van der Waals surface area contributed by atoms with Gasteiger partial charge in [0.25, 0.3) is 11.8 Å². The van der Waals surface area contributed by atoms with E-state index in [1.807, 2.05) is 31.0 Å². The fraction of sp³-hybridized carbons (Fsp3) is 0.370. The molecule has 6 nitrogen and oxygen atoms in total. The van der Waals surface area contributed by atoms with Crippen molar-refractivity contribution in [2.75, 3.05) is 18.6 Å². The second-order valence-corrected chi connectivity index (χ2v) is 10.3. The number of ether oxygens (including phenoxy) is 1. The van der Waals surface area contributed by atoms with Crippen molar-refractivity contribution in [2.45, 2.75) is 56.4 Å². The Hall–Kier alpha value is -2.77. The van der Waals surface area contributed by atoms with Crippen LogP contribution < -0.4 is 4.90 Å². The van der Waals surface area contributed by atoms with Crippen LogP contribution in [-0.2, 0) is 14.3 Å². The van der Waals surface area contributed by atoms with Crippen LogP contribution in [0.5, 0.6) is 0 Å². The summed E-state index contributed by atoms with van der Waals surface area (Å²) in [7, 11) is 1.89. The van der Waals surface area contributed by atoms with E-state index >= 15 is 0 Å². The second-order valence-electron chi connectivity index (χ2n) is 8.74. The Morgan fingerprint density at radius 2 is 1.74 bits per heavy atom. The minimum Gasteiger partial charge on any atom is -0.462 e. The summed E-state index contributed by atoms with van der Waals surface area (Å²) >= 11 is 7.29. The van der Waals surface area contributed by atoms with Crippen molar-refractivity contribution in [2.24, 2.45) is 0 Å². The molecule has 2 aromatic carbocycles. The van der Waals surface area contributed by atoms with Gasteiger partial charge >= 0.3 is 5.97 Å². The third kappa shape index (κ3) is 5.41. The summed E-state index contributed by atoms with van der Waals surface area (Å²) in [5, 5.41) is 0.595. The summed E-state index contributed by atoms with van der Waals surface area (Å²) in [6.07, 6.45) is 6.00. The highest BCUT2D eigenvalue weighted by Gasteiger charge is 2.44. The number of halogens is 1. The predicted octanol–water partition coefficient (Wildman–Crippen LogP) is 6.05. The molecule has 1 saturated carbocycles. The molecule has 0 N–H and O–H groups in total. The molecule has 0 spiro atoms.